The highest BCUT2D eigenvalue weighted by Gasteiger charge is 2.44. The van der Waals surface area contributed by atoms with Crippen LogP contribution in [0, 0.1) is 16.6 Å². The summed E-state index contributed by atoms with van der Waals surface area (Å²) in [5.41, 5.74) is -0.393. The quantitative estimate of drug-likeness (QED) is 0.878. The molecule has 0 heterocycles. The number of carbonyl (C=O) groups is 1. The fraction of sp³-hybridized carbons (Fsp3) is 0.562. The van der Waals surface area contributed by atoms with Crippen LogP contribution >= 0.6 is 11.6 Å². The van der Waals surface area contributed by atoms with E-state index in [0.717, 1.165) is 12.8 Å². The van der Waals surface area contributed by atoms with Gasteiger partial charge in [-0.3, -0.25) is 4.79 Å². The van der Waals surface area contributed by atoms with E-state index < -0.39 is 17.2 Å². The third-order valence-electron chi connectivity index (χ3n) is 4.59. The van der Waals surface area contributed by atoms with Crippen molar-refractivity contribution in [3.63, 3.8) is 0 Å². The Morgan fingerprint density at radius 1 is 1.30 bits per heavy atom. The molecule has 0 spiro atoms. The van der Waals surface area contributed by atoms with Crippen molar-refractivity contribution in [2.75, 3.05) is 0 Å². The fourth-order valence-electron chi connectivity index (χ4n) is 2.91. The van der Waals surface area contributed by atoms with Crippen molar-refractivity contribution in [1.29, 1.82) is 0 Å². The summed E-state index contributed by atoms with van der Waals surface area (Å²) in [6.45, 7) is 4.30. The number of hydrogen-bond acceptors (Lipinski definition) is 1. The molecule has 0 saturated heterocycles. The second kappa shape index (κ2) is 5.36. The van der Waals surface area contributed by atoms with Gasteiger partial charge in [-0.15, -0.1) is 0 Å². The van der Waals surface area contributed by atoms with Crippen LogP contribution in [-0.2, 0) is 11.2 Å². The Morgan fingerprint density at radius 3 is 2.40 bits per heavy atom. The fourth-order valence-corrected chi connectivity index (χ4v) is 3.14. The monoisotopic (exact) mass is 298 g/mol. The number of aliphatic carboxylic acids is 1. The maximum atomic E-state index is 13.9. The normalized spacial score (nSPS) is 20.6. The molecule has 0 atom stereocenters. The van der Waals surface area contributed by atoms with Crippen molar-refractivity contribution < 1.29 is 14.3 Å². The van der Waals surface area contributed by atoms with E-state index in [4.69, 9.17) is 11.6 Å². The van der Waals surface area contributed by atoms with Crippen LogP contribution in [-0.4, -0.2) is 11.1 Å². The van der Waals surface area contributed by atoms with E-state index in [1.54, 1.807) is 12.1 Å². The second-order valence-corrected chi connectivity index (χ2v) is 7.03. The molecule has 0 unspecified atom stereocenters. The second-order valence-electron chi connectivity index (χ2n) is 6.63. The van der Waals surface area contributed by atoms with Crippen LogP contribution in [0.25, 0.3) is 0 Å². The smallest absolute Gasteiger partial charge is 0.309 e. The van der Waals surface area contributed by atoms with Gasteiger partial charge in [0.05, 0.1) is 5.41 Å². The Balaban J connectivity index is 2.30. The lowest BCUT2D eigenvalue weighted by molar-refractivity contribution is -0.152. The average Bonchev–Trinajstić information content (AvgIpc) is 2.36. The zero-order valence-corrected chi connectivity index (χ0v) is 12.6. The molecule has 1 aromatic rings. The van der Waals surface area contributed by atoms with E-state index in [0.29, 0.717) is 23.4 Å². The Labute approximate surface area is 123 Å². The van der Waals surface area contributed by atoms with E-state index in [9.17, 15) is 14.3 Å². The predicted molar refractivity (Wildman–Crippen MR) is 77.4 cm³/mol. The van der Waals surface area contributed by atoms with Gasteiger partial charge in [-0.05, 0) is 49.7 Å². The Morgan fingerprint density at radius 2 is 1.90 bits per heavy atom. The van der Waals surface area contributed by atoms with Gasteiger partial charge in [0, 0.05) is 10.6 Å². The molecule has 1 aliphatic carbocycles. The van der Waals surface area contributed by atoms with Crippen LogP contribution in [0.5, 0.6) is 0 Å². The lowest BCUT2D eigenvalue weighted by atomic mass is 9.63. The van der Waals surface area contributed by atoms with Gasteiger partial charge in [0.15, 0.2) is 0 Å². The van der Waals surface area contributed by atoms with Crippen LogP contribution in [0.3, 0.4) is 0 Å². The molecule has 1 fully saturated rings. The zero-order valence-electron chi connectivity index (χ0n) is 11.9. The summed E-state index contributed by atoms with van der Waals surface area (Å²) in [6, 6.07) is 4.49. The molecule has 1 saturated carbocycles. The van der Waals surface area contributed by atoms with E-state index >= 15 is 0 Å². The Hall–Kier alpha value is -1.09. The first-order valence-corrected chi connectivity index (χ1v) is 7.30. The first-order chi connectivity index (χ1) is 9.26. The third-order valence-corrected chi connectivity index (χ3v) is 4.95. The first kappa shape index (κ1) is 15.3. The Bertz CT molecular complexity index is 495. The minimum Gasteiger partial charge on any atom is -0.481 e. The van der Waals surface area contributed by atoms with Gasteiger partial charge in [0.2, 0.25) is 0 Å². The van der Waals surface area contributed by atoms with Gasteiger partial charge in [0.25, 0.3) is 0 Å². The maximum Gasteiger partial charge on any atom is 0.309 e. The van der Waals surface area contributed by atoms with Crippen molar-refractivity contribution in [1.82, 2.24) is 0 Å². The highest BCUT2D eigenvalue weighted by Crippen LogP contribution is 2.47. The standard InChI is InChI=1S/C16H20ClFO2/c1-15(2)6-8-16(9-7-15,14(19)20)10-11-12(17)4-3-5-13(11)18/h3-5H,6-10H2,1-2H3,(H,19,20). The van der Waals surface area contributed by atoms with Crippen LogP contribution < -0.4 is 0 Å². The first-order valence-electron chi connectivity index (χ1n) is 6.92. The largest absolute Gasteiger partial charge is 0.481 e. The number of hydrogen-bond donors (Lipinski definition) is 1. The third kappa shape index (κ3) is 2.98. The van der Waals surface area contributed by atoms with Gasteiger partial charge in [-0.1, -0.05) is 31.5 Å². The lowest BCUT2D eigenvalue weighted by Gasteiger charge is -2.41. The molecule has 0 aromatic heterocycles. The average molecular weight is 299 g/mol. The van der Waals surface area contributed by atoms with Crippen LogP contribution in [0.1, 0.15) is 45.1 Å². The summed E-state index contributed by atoms with van der Waals surface area (Å²) in [4.78, 5) is 11.7. The molecule has 20 heavy (non-hydrogen) atoms. The minimum atomic E-state index is -0.888. The molecule has 0 aliphatic heterocycles. The topological polar surface area (TPSA) is 37.3 Å². The van der Waals surface area contributed by atoms with Crippen LogP contribution in [0.15, 0.2) is 18.2 Å². The molecule has 4 heteroatoms. The van der Waals surface area contributed by atoms with Gasteiger partial charge in [-0.2, -0.15) is 0 Å². The minimum absolute atomic E-state index is 0.165. The molecule has 110 valence electrons. The van der Waals surface area contributed by atoms with Crippen molar-refractivity contribution in [2.45, 2.75) is 46.0 Å². The van der Waals surface area contributed by atoms with Crippen molar-refractivity contribution in [3.05, 3.63) is 34.6 Å². The maximum absolute atomic E-state index is 13.9. The van der Waals surface area contributed by atoms with Crippen LogP contribution in [0.2, 0.25) is 5.02 Å². The van der Waals surface area contributed by atoms with Gasteiger partial charge in [-0.25, -0.2) is 4.39 Å². The molecule has 1 aliphatic rings. The summed E-state index contributed by atoms with van der Waals surface area (Å²) >= 11 is 6.04. The van der Waals surface area contributed by atoms with Crippen molar-refractivity contribution in [2.24, 2.45) is 10.8 Å². The van der Waals surface area contributed by atoms with Gasteiger partial charge in [0.1, 0.15) is 5.82 Å². The van der Waals surface area contributed by atoms with E-state index in [1.165, 1.54) is 6.07 Å². The molecular weight excluding hydrogens is 279 g/mol. The summed E-state index contributed by atoms with van der Waals surface area (Å²) in [6.07, 6.45) is 2.99. The van der Waals surface area contributed by atoms with Crippen molar-refractivity contribution >= 4 is 17.6 Å². The van der Waals surface area contributed by atoms with E-state index in [1.807, 2.05) is 0 Å². The lowest BCUT2D eigenvalue weighted by Crippen LogP contribution is -2.39. The summed E-state index contributed by atoms with van der Waals surface area (Å²) in [7, 11) is 0. The molecule has 0 bridgehead atoms. The number of carboxylic acids is 1. The molecule has 0 amide bonds. The van der Waals surface area contributed by atoms with E-state index in [2.05, 4.69) is 13.8 Å². The SMILES string of the molecule is CC1(C)CCC(Cc2c(F)cccc2Cl)(C(=O)O)CC1. The molecule has 2 rings (SSSR count). The summed E-state index contributed by atoms with van der Waals surface area (Å²) in [5, 5.41) is 9.95. The van der Waals surface area contributed by atoms with Gasteiger partial charge >= 0.3 is 5.97 Å². The van der Waals surface area contributed by atoms with E-state index in [-0.39, 0.29) is 11.8 Å². The van der Waals surface area contributed by atoms with Crippen LogP contribution in [0.4, 0.5) is 4.39 Å². The molecule has 1 N–H and O–H groups in total. The molecule has 1 aromatic carbocycles. The molecule has 2 nitrogen and oxygen atoms in total. The number of rotatable bonds is 3. The highest BCUT2D eigenvalue weighted by molar-refractivity contribution is 6.31. The predicted octanol–water partition coefficient (Wildman–Crippen LogP) is 4.69. The highest BCUT2D eigenvalue weighted by atomic mass is 35.5. The molecular formula is C16H20ClFO2. The number of halogens is 2. The zero-order chi connectivity index (χ0) is 15.0. The Kier molecular flexibility index (Phi) is 4.10. The summed E-state index contributed by atoms with van der Waals surface area (Å²) < 4.78 is 13.9. The van der Waals surface area contributed by atoms with Gasteiger partial charge < -0.3 is 5.11 Å². The number of carboxylic acid groups (broad SMARTS) is 1. The number of benzene rings is 1. The summed E-state index contributed by atoms with van der Waals surface area (Å²) in [5.74, 6) is -1.25. The molecule has 0 radical (unpaired) electrons. The van der Waals surface area contributed by atoms with Crippen molar-refractivity contribution in [3.8, 4) is 0 Å².